The summed E-state index contributed by atoms with van der Waals surface area (Å²) in [5.74, 6) is 0.129. The molecule has 1 amide bonds. The van der Waals surface area contributed by atoms with Crippen LogP contribution in [0.4, 0.5) is 0 Å². The lowest BCUT2D eigenvalue weighted by molar-refractivity contribution is 0.0953. The molecule has 5 heteroatoms. The van der Waals surface area contributed by atoms with Gasteiger partial charge < -0.3 is 5.32 Å². The number of pyridine rings is 1. The maximum absolute atomic E-state index is 13.1. The number of fused-ring (bicyclic) bond motifs is 1. The lowest BCUT2D eigenvalue weighted by atomic mass is 10.0. The van der Waals surface area contributed by atoms with Crippen LogP contribution in [0.3, 0.4) is 0 Å². The second kappa shape index (κ2) is 8.11. The molecule has 2 heterocycles. The SMILES string of the molecule is Cc1ccc(-n2nc(C)c3c(C(=O)NC[C@@H](C)c4ccccc4)cc(C)nc32)cc1. The third-order valence-electron chi connectivity index (χ3n) is 5.40. The van der Waals surface area contributed by atoms with Crippen LogP contribution in [0.2, 0.25) is 0 Å². The molecule has 1 atom stereocenters. The van der Waals surface area contributed by atoms with E-state index in [4.69, 9.17) is 10.1 Å². The molecule has 0 aliphatic carbocycles. The van der Waals surface area contributed by atoms with Gasteiger partial charge >= 0.3 is 0 Å². The first-order chi connectivity index (χ1) is 14.4. The smallest absolute Gasteiger partial charge is 0.252 e. The van der Waals surface area contributed by atoms with Gasteiger partial charge in [-0.2, -0.15) is 5.10 Å². The molecule has 5 nitrogen and oxygen atoms in total. The molecule has 0 bridgehead atoms. The summed E-state index contributed by atoms with van der Waals surface area (Å²) in [6, 6.07) is 20.2. The Morgan fingerprint density at radius 3 is 2.43 bits per heavy atom. The van der Waals surface area contributed by atoms with Crippen molar-refractivity contribution in [1.29, 1.82) is 0 Å². The predicted octanol–water partition coefficient (Wildman–Crippen LogP) is 4.88. The van der Waals surface area contributed by atoms with E-state index in [9.17, 15) is 4.79 Å². The fourth-order valence-corrected chi connectivity index (χ4v) is 3.70. The zero-order valence-electron chi connectivity index (χ0n) is 17.8. The van der Waals surface area contributed by atoms with Gasteiger partial charge in [0.1, 0.15) is 0 Å². The normalized spacial score (nSPS) is 12.1. The molecule has 4 rings (SSSR count). The lowest BCUT2D eigenvalue weighted by Gasteiger charge is -2.14. The van der Waals surface area contributed by atoms with Crippen LogP contribution >= 0.6 is 0 Å². The molecule has 152 valence electrons. The average Bonchev–Trinajstić information content (AvgIpc) is 3.08. The number of nitrogens with zero attached hydrogens (tertiary/aromatic N) is 3. The van der Waals surface area contributed by atoms with Crippen LogP contribution in [0, 0.1) is 20.8 Å². The molecule has 2 aromatic heterocycles. The Kier molecular flexibility index (Phi) is 5.36. The van der Waals surface area contributed by atoms with Crippen molar-refractivity contribution in [2.45, 2.75) is 33.6 Å². The Labute approximate surface area is 176 Å². The minimum absolute atomic E-state index is 0.0974. The Morgan fingerprint density at radius 1 is 1.03 bits per heavy atom. The van der Waals surface area contributed by atoms with E-state index in [2.05, 4.69) is 31.3 Å². The van der Waals surface area contributed by atoms with Gasteiger partial charge in [0.05, 0.1) is 22.3 Å². The van der Waals surface area contributed by atoms with Gasteiger partial charge in [-0.15, -0.1) is 0 Å². The summed E-state index contributed by atoms with van der Waals surface area (Å²) in [6.45, 7) is 8.57. The highest BCUT2D eigenvalue weighted by atomic mass is 16.1. The summed E-state index contributed by atoms with van der Waals surface area (Å²) in [7, 11) is 0. The van der Waals surface area contributed by atoms with Crippen molar-refractivity contribution in [2.24, 2.45) is 0 Å². The maximum Gasteiger partial charge on any atom is 0.252 e. The molecule has 0 unspecified atom stereocenters. The second-order valence-electron chi connectivity index (χ2n) is 7.86. The van der Waals surface area contributed by atoms with Crippen molar-refractivity contribution in [2.75, 3.05) is 6.54 Å². The molecule has 4 aromatic rings. The monoisotopic (exact) mass is 398 g/mol. The molecule has 0 fully saturated rings. The first kappa shape index (κ1) is 19.8. The van der Waals surface area contributed by atoms with Crippen molar-refractivity contribution in [3.05, 3.63) is 88.7 Å². The maximum atomic E-state index is 13.1. The third-order valence-corrected chi connectivity index (χ3v) is 5.40. The zero-order valence-corrected chi connectivity index (χ0v) is 17.8. The van der Waals surface area contributed by atoms with E-state index in [0.717, 1.165) is 22.5 Å². The molecule has 2 aromatic carbocycles. The van der Waals surface area contributed by atoms with Crippen molar-refractivity contribution in [3.63, 3.8) is 0 Å². The number of aryl methyl sites for hydroxylation is 3. The number of amides is 1. The number of carbonyl (C=O) groups excluding carboxylic acids is 1. The first-order valence-corrected chi connectivity index (χ1v) is 10.2. The fourth-order valence-electron chi connectivity index (χ4n) is 3.70. The Hall–Kier alpha value is -3.47. The van der Waals surface area contributed by atoms with Gasteiger partial charge in [-0.25, -0.2) is 9.67 Å². The lowest BCUT2D eigenvalue weighted by Crippen LogP contribution is -2.28. The molecule has 0 radical (unpaired) electrons. The van der Waals surface area contributed by atoms with E-state index in [-0.39, 0.29) is 11.8 Å². The van der Waals surface area contributed by atoms with Gasteiger partial charge in [0.2, 0.25) is 0 Å². The van der Waals surface area contributed by atoms with E-state index >= 15 is 0 Å². The van der Waals surface area contributed by atoms with Crippen LogP contribution in [-0.2, 0) is 0 Å². The van der Waals surface area contributed by atoms with Crippen LogP contribution in [0.5, 0.6) is 0 Å². The van der Waals surface area contributed by atoms with Gasteiger partial charge in [0, 0.05) is 12.2 Å². The highest BCUT2D eigenvalue weighted by molar-refractivity contribution is 6.06. The van der Waals surface area contributed by atoms with Gasteiger partial charge in [0.25, 0.3) is 5.91 Å². The Balaban J connectivity index is 1.67. The van der Waals surface area contributed by atoms with E-state index < -0.39 is 0 Å². The number of carbonyl (C=O) groups is 1. The average molecular weight is 399 g/mol. The fraction of sp³-hybridized carbons (Fsp3) is 0.240. The van der Waals surface area contributed by atoms with Crippen LogP contribution < -0.4 is 5.32 Å². The topological polar surface area (TPSA) is 59.8 Å². The second-order valence-corrected chi connectivity index (χ2v) is 7.86. The van der Waals surface area contributed by atoms with E-state index in [1.54, 1.807) is 0 Å². The summed E-state index contributed by atoms with van der Waals surface area (Å²) >= 11 is 0. The van der Waals surface area contributed by atoms with Crippen molar-refractivity contribution in [3.8, 4) is 5.69 Å². The molecular weight excluding hydrogens is 372 g/mol. The highest BCUT2D eigenvalue weighted by Gasteiger charge is 2.20. The van der Waals surface area contributed by atoms with Crippen LogP contribution in [-0.4, -0.2) is 27.2 Å². The van der Waals surface area contributed by atoms with Crippen molar-refractivity contribution < 1.29 is 4.79 Å². The number of aromatic nitrogens is 3. The first-order valence-electron chi connectivity index (χ1n) is 10.2. The minimum Gasteiger partial charge on any atom is -0.351 e. The van der Waals surface area contributed by atoms with Crippen molar-refractivity contribution in [1.82, 2.24) is 20.1 Å². The van der Waals surface area contributed by atoms with Crippen LogP contribution in [0.25, 0.3) is 16.7 Å². The molecule has 0 aliphatic rings. The largest absolute Gasteiger partial charge is 0.351 e. The summed E-state index contributed by atoms with van der Waals surface area (Å²) in [5, 5.41) is 8.58. The number of rotatable bonds is 5. The number of hydrogen-bond donors (Lipinski definition) is 1. The summed E-state index contributed by atoms with van der Waals surface area (Å²) in [4.78, 5) is 17.8. The molecule has 0 saturated heterocycles. The van der Waals surface area contributed by atoms with Crippen LogP contribution in [0.1, 0.15) is 45.7 Å². The summed E-state index contributed by atoms with van der Waals surface area (Å²) in [6.07, 6.45) is 0. The van der Waals surface area contributed by atoms with E-state index in [1.165, 1.54) is 11.1 Å². The standard InChI is InChI=1S/C25H26N4O/c1-16-10-12-21(13-11-16)29-24-23(19(4)28-29)22(14-18(3)27-24)25(30)26-15-17(2)20-8-6-5-7-9-20/h5-14,17H,15H2,1-4H3,(H,26,30)/t17-/m1/s1. The van der Waals surface area contributed by atoms with Gasteiger partial charge in [0.15, 0.2) is 5.65 Å². The molecule has 0 spiro atoms. The Morgan fingerprint density at radius 2 is 1.73 bits per heavy atom. The number of nitrogens with one attached hydrogen (secondary N) is 1. The van der Waals surface area contributed by atoms with E-state index in [0.29, 0.717) is 17.8 Å². The highest BCUT2D eigenvalue weighted by Crippen LogP contribution is 2.25. The van der Waals surface area contributed by atoms with Crippen molar-refractivity contribution >= 4 is 16.9 Å². The summed E-state index contributed by atoms with van der Waals surface area (Å²) in [5.41, 5.74) is 6.23. The zero-order chi connectivity index (χ0) is 21.3. The van der Waals surface area contributed by atoms with Gasteiger partial charge in [-0.05, 0) is 50.5 Å². The Bertz CT molecular complexity index is 1190. The number of benzene rings is 2. The van der Waals surface area contributed by atoms with Gasteiger partial charge in [-0.1, -0.05) is 55.0 Å². The van der Waals surface area contributed by atoms with Crippen LogP contribution in [0.15, 0.2) is 60.7 Å². The molecule has 0 aliphatic heterocycles. The molecule has 30 heavy (non-hydrogen) atoms. The quantitative estimate of drug-likeness (QED) is 0.521. The third kappa shape index (κ3) is 3.83. The molecular formula is C25H26N4O. The van der Waals surface area contributed by atoms with E-state index in [1.807, 2.05) is 67.1 Å². The predicted molar refractivity (Wildman–Crippen MR) is 120 cm³/mol. The number of hydrogen-bond acceptors (Lipinski definition) is 3. The minimum atomic E-state index is -0.0974. The van der Waals surface area contributed by atoms with Gasteiger partial charge in [-0.3, -0.25) is 4.79 Å². The molecule has 1 N–H and O–H groups in total. The molecule has 0 saturated carbocycles. The summed E-state index contributed by atoms with van der Waals surface area (Å²) < 4.78 is 1.82.